The number of benzene rings is 1. The number of hydrogen-bond acceptors (Lipinski definition) is 4. The molecule has 0 bridgehead atoms. The third-order valence-corrected chi connectivity index (χ3v) is 4.47. The van der Waals surface area contributed by atoms with Crippen LogP contribution in [0.1, 0.15) is 18.4 Å². The Balaban J connectivity index is 2.02. The molecule has 0 spiro atoms. The normalized spacial score (nSPS) is 20.5. The van der Waals surface area contributed by atoms with Gasteiger partial charge in [-0.15, -0.1) is 11.8 Å². The first-order chi connectivity index (χ1) is 9.26. The smallest absolute Gasteiger partial charge is 0.132 e. The molecule has 1 saturated heterocycles. The van der Waals surface area contributed by atoms with Crippen LogP contribution in [0.4, 0.5) is 0 Å². The van der Waals surface area contributed by atoms with E-state index in [1.165, 1.54) is 16.9 Å². The van der Waals surface area contributed by atoms with Crippen molar-refractivity contribution in [3.05, 3.63) is 23.8 Å². The van der Waals surface area contributed by atoms with Crippen LogP contribution in [0, 0.1) is 5.92 Å². The number of nitrogens with zero attached hydrogens (tertiary/aromatic N) is 1. The second-order valence-corrected chi connectivity index (χ2v) is 5.96. The number of piperidine rings is 1. The zero-order chi connectivity index (χ0) is 13.7. The zero-order valence-electron chi connectivity index (χ0n) is 11.8. The predicted octanol–water partition coefficient (Wildman–Crippen LogP) is 2.62. The molecular weight excluding hydrogens is 258 g/mol. The molecule has 1 aromatic carbocycles. The fourth-order valence-corrected chi connectivity index (χ4v) is 3.30. The summed E-state index contributed by atoms with van der Waals surface area (Å²) in [4.78, 5) is 3.63. The molecule has 2 rings (SSSR count). The number of aliphatic hydroxyl groups excluding tert-OH is 1. The molecule has 3 nitrogen and oxygen atoms in total. The largest absolute Gasteiger partial charge is 0.496 e. The van der Waals surface area contributed by atoms with Gasteiger partial charge in [-0.3, -0.25) is 4.90 Å². The van der Waals surface area contributed by atoms with E-state index in [1.54, 1.807) is 18.9 Å². The molecule has 0 saturated carbocycles. The predicted molar refractivity (Wildman–Crippen MR) is 79.9 cm³/mol. The van der Waals surface area contributed by atoms with Gasteiger partial charge in [-0.05, 0) is 49.3 Å². The fourth-order valence-electron chi connectivity index (χ4n) is 2.68. The van der Waals surface area contributed by atoms with Gasteiger partial charge in [0.05, 0.1) is 7.11 Å². The summed E-state index contributed by atoms with van der Waals surface area (Å²) in [5.41, 5.74) is 1.32. The highest BCUT2D eigenvalue weighted by Gasteiger charge is 2.19. The number of ether oxygens (including phenoxy) is 1. The molecule has 1 heterocycles. The number of aliphatic hydroxyl groups is 1. The van der Waals surface area contributed by atoms with E-state index in [-0.39, 0.29) is 0 Å². The molecule has 19 heavy (non-hydrogen) atoms. The third-order valence-electron chi connectivity index (χ3n) is 3.72. The SMILES string of the molecule is COc1ccc(CN2CCCC(CO)C2)cc1SC. The maximum atomic E-state index is 9.28. The third kappa shape index (κ3) is 3.88. The van der Waals surface area contributed by atoms with E-state index in [0.29, 0.717) is 12.5 Å². The van der Waals surface area contributed by atoms with Crippen LogP contribution in [-0.2, 0) is 6.54 Å². The standard InChI is InChI=1S/C15H23NO2S/c1-18-14-6-5-12(8-15(14)19-2)9-16-7-3-4-13(10-16)11-17/h5-6,8,13,17H,3-4,7,9-11H2,1-2H3. The summed E-state index contributed by atoms with van der Waals surface area (Å²) >= 11 is 1.72. The number of hydrogen-bond donors (Lipinski definition) is 1. The molecule has 0 radical (unpaired) electrons. The minimum Gasteiger partial charge on any atom is -0.496 e. The van der Waals surface area contributed by atoms with Crippen molar-refractivity contribution in [3.63, 3.8) is 0 Å². The number of rotatable bonds is 5. The number of thioether (sulfide) groups is 1. The Hall–Kier alpha value is -0.710. The van der Waals surface area contributed by atoms with Crippen molar-refractivity contribution < 1.29 is 9.84 Å². The van der Waals surface area contributed by atoms with Crippen molar-refractivity contribution in [1.82, 2.24) is 4.90 Å². The first-order valence-corrected chi connectivity index (χ1v) is 8.03. The molecule has 1 aliphatic rings. The summed E-state index contributed by atoms with van der Waals surface area (Å²) in [6, 6.07) is 6.40. The van der Waals surface area contributed by atoms with E-state index in [4.69, 9.17) is 4.74 Å². The van der Waals surface area contributed by atoms with E-state index in [9.17, 15) is 5.11 Å². The molecule has 1 aliphatic heterocycles. The number of methoxy groups -OCH3 is 1. The van der Waals surface area contributed by atoms with Gasteiger partial charge in [0.1, 0.15) is 5.75 Å². The minimum atomic E-state index is 0.315. The Morgan fingerprint density at radius 3 is 3.00 bits per heavy atom. The van der Waals surface area contributed by atoms with Crippen LogP contribution in [0.5, 0.6) is 5.75 Å². The van der Waals surface area contributed by atoms with Crippen molar-refractivity contribution in [2.75, 3.05) is 33.1 Å². The van der Waals surface area contributed by atoms with Crippen LogP contribution >= 0.6 is 11.8 Å². The van der Waals surface area contributed by atoms with Gasteiger partial charge in [-0.2, -0.15) is 0 Å². The topological polar surface area (TPSA) is 32.7 Å². The van der Waals surface area contributed by atoms with Crippen LogP contribution in [0.3, 0.4) is 0 Å². The van der Waals surface area contributed by atoms with E-state index in [1.807, 2.05) is 0 Å². The van der Waals surface area contributed by atoms with Crippen LogP contribution in [-0.4, -0.2) is 43.1 Å². The van der Waals surface area contributed by atoms with Crippen molar-refractivity contribution in [2.45, 2.75) is 24.3 Å². The molecule has 1 aromatic rings. The highest BCUT2D eigenvalue weighted by Crippen LogP contribution is 2.29. The molecule has 4 heteroatoms. The van der Waals surface area contributed by atoms with E-state index < -0.39 is 0 Å². The van der Waals surface area contributed by atoms with Crippen LogP contribution < -0.4 is 4.74 Å². The molecule has 1 atom stereocenters. The summed E-state index contributed by atoms with van der Waals surface area (Å²) in [5.74, 6) is 1.40. The summed E-state index contributed by atoms with van der Waals surface area (Å²) in [6.45, 7) is 3.43. The Morgan fingerprint density at radius 1 is 1.47 bits per heavy atom. The van der Waals surface area contributed by atoms with Crippen molar-refractivity contribution >= 4 is 11.8 Å². The van der Waals surface area contributed by atoms with Gasteiger partial charge >= 0.3 is 0 Å². The monoisotopic (exact) mass is 281 g/mol. The molecule has 1 N–H and O–H groups in total. The van der Waals surface area contributed by atoms with Gasteiger partial charge in [0.2, 0.25) is 0 Å². The lowest BCUT2D eigenvalue weighted by Gasteiger charge is -2.31. The second kappa shape index (κ2) is 7.17. The molecule has 106 valence electrons. The Kier molecular flexibility index (Phi) is 5.55. The minimum absolute atomic E-state index is 0.315. The van der Waals surface area contributed by atoms with Crippen LogP contribution in [0.15, 0.2) is 23.1 Å². The highest BCUT2D eigenvalue weighted by atomic mass is 32.2. The Morgan fingerprint density at radius 2 is 2.32 bits per heavy atom. The van der Waals surface area contributed by atoms with Crippen molar-refractivity contribution in [3.8, 4) is 5.75 Å². The van der Waals surface area contributed by atoms with Gasteiger partial charge in [0.15, 0.2) is 0 Å². The van der Waals surface area contributed by atoms with Crippen molar-refractivity contribution in [1.29, 1.82) is 0 Å². The number of likely N-dealkylation sites (tertiary alicyclic amines) is 1. The quantitative estimate of drug-likeness (QED) is 0.841. The maximum absolute atomic E-state index is 9.28. The lowest BCUT2D eigenvalue weighted by atomic mass is 9.98. The molecule has 1 fully saturated rings. The summed E-state index contributed by atoms with van der Waals surface area (Å²) in [7, 11) is 1.71. The maximum Gasteiger partial charge on any atom is 0.132 e. The molecular formula is C15H23NO2S. The van der Waals surface area contributed by atoms with E-state index >= 15 is 0 Å². The van der Waals surface area contributed by atoms with Gasteiger partial charge in [0, 0.05) is 24.6 Å². The average Bonchev–Trinajstić information content (AvgIpc) is 2.47. The molecule has 0 aliphatic carbocycles. The first-order valence-electron chi connectivity index (χ1n) is 6.81. The zero-order valence-corrected chi connectivity index (χ0v) is 12.6. The summed E-state index contributed by atoms with van der Waals surface area (Å²) < 4.78 is 5.35. The summed E-state index contributed by atoms with van der Waals surface area (Å²) in [6.07, 6.45) is 4.42. The Bertz CT molecular complexity index is 411. The molecule has 0 aromatic heterocycles. The van der Waals surface area contributed by atoms with Gasteiger partial charge in [-0.25, -0.2) is 0 Å². The first kappa shape index (κ1) is 14.7. The van der Waals surface area contributed by atoms with Crippen molar-refractivity contribution in [2.24, 2.45) is 5.92 Å². The fraction of sp³-hybridized carbons (Fsp3) is 0.600. The van der Waals surface area contributed by atoms with Gasteiger partial charge < -0.3 is 9.84 Å². The second-order valence-electron chi connectivity index (χ2n) is 5.12. The summed E-state index contributed by atoms with van der Waals surface area (Å²) in [5, 5.41) is 9.28. The average molecular weight is 281 g/mol. The Labute approximate surface area is 120 Å². The van der Waals surface area contributed by atoms with Crippen LogP contribution in [0.2, 0.25) is 0 Å². The lowest BCUT2D eigenvalue weighted by molar-refractivity contribution is 0.116. The van der Waals surface area contributed by atoms with Gasteiger partial charge in [-0.1, -0.05) is 6.07 Å². The van der Waals surface area contributed by atoms with E-state index in [2.05, 4.69) is 29.4 Å². The lowest BCUT2D eigenvalue weighted by Crippen LogP contribution is -2.36. The van der Waals surface area contributed by atoms with Gasteiger partial charge in [0.25, 0.3) is 0 Å². The molecule has 1 unspecified atom stereocenters. The van der Waals surface area contributed by atoms with Crippen LogP contribution in [0.25, 0.3) is 0 Å². The highest BCUT2D eigenvalue weighted by molar-refractivity contribution is 7.98. The molecule has 0 amide bonds. The van der Waals surface area contributed by atoms with E-state index in [0.717, 1.165) is 31.8 Å².